The average Bonchev–Trinajstić information content (AvgIpc) is 3.09. The van der Waals surface area contributed by atoms with Gasteiger partial charge in [0.1, 0.15) is 12.4 Å². The van der Waals surface area contributed by atoms with Crippen LogP contribution in [0.25, 0.3) is 0 Å². The summed E-state index contributed by atoms with van der Waals surface area (Å²) in [5.74, 6) is 0.551. The standard InChI is InChI=1S/C19H16ClNO2S/c1-13-5-6-17(10-18(13)23-11-14-7-8-24-12-14)21-19(22)15-3-2-4-16(20)9-15/h2-10,12H,11H2,1H3,(H,21,22). The van der Waals surface area contributed by atoms with Crippen molar-refractivity contribution in [2.75, 3.05) is 5.32 Å². The molecule has 0 aliphatic rings. The molecule has 0 fully saturated rings. The molecule has 3 rings (SSSR count). The number of carbonyl (C=O) groups is 1. The summed E-state index contributed by atoms with van der Waals surface area (Å²) in [6.45, 7) is 2.49. The number of carbonyl (C=O) groups excluding carboxylic acids is 1. The Morgan fingerprint density at radius 1 is 1.21 bits per heavy atom. The Morgan fingerprint density at radius 2 is 2.08 bits per heavy atom. The Balaban J connectivity index is 1.72. The van der Waals surface area contributed by atoms with Crippen molar-refractivity contribution in [1.29, 1.82) is 0 Å². The Bertz CT molecular complexity index is 846. The van der Waals surface area contributed by atoms with Crippen molar-refractivity contribution in [1.82, 2.24) is 0 Å². The van der Waals surface area contributed by atoms with E-state index in [0.29, 0.717) is 22.9 Å². The Kier molecular flexibility index (Phi) is 5.18. The van der Waals surface area contributed by atoms with Crippen molar-refractivity contribution in [3.8, 4) is 5.75 Å². The van der Waals surface area contributed by atoms with Gasteiger partial charge in [0.2, 0.25) is 0 Å². The van der Waals surface area contributed by atoms with Crippen LogP contribution >= 0.6 is 22.9 Å². The second kappa shape index (κ2) is 7.51. The quantitative estimate of drug-likeness (QED) is 0.650. The molecule has 3 nitrogen and oxygen atoms in total. The lowest BCUT2D eigenvalue weighted by molar-refractivity contribution is 0.102. The highest BCUT2D eigenvalue weighted by Gasteiger charge is 2.09. The number of rotatable bonds is 5. The molecule has 0 saturated carbocycles. The van der Waals surface area contributed by atoms with Gasteiger partial charge in [-0.2, -0.15) is 11.3 Å². The summed E-state index contributed by atoms with van der Waals surface area (Å²) in [5, 5.41) is 7.48. The maximum atomic E-state index is 12.3. The van der Waals surface area contributed by atoms with Crippen LogP contribution < -0.4 is 10.1 Å². The van der Waals surface area contributed by atoms with Crippen LogP contribution in [0.2, 0.25) is 5.02 Å². The molecule has 0 unspecified atom stereocenters. The Labute approximate surface area is 149 Å². The van der Waals surface area contributed by atoms with Crippen molar-refractivity contribution < 1.29 is 9.53 Å². The number of nitrogens with one attached hydrogen (secondary N) is 1. The second-order valence-electron chi connectivity index (χ2n) is 5.37. The van der Waals surface area contributed by atoms with Gasteiger partial charge >= 0.3 is 0 Å². The van der Waals surface area contributed by atoms with E-state index in [1.807, 2.05) is 36.6 Å². The molecule has 1 N–H and O–H groups in total. The molecule has 5 heteroatoms. The van der Waals surface area contributed by atoms with Crippen molar-refractivity contribution in [2.24, 2.45) is 0 Å². The lowest BCUT2D eigenvalue weighted by Crippen LogP contribution is -2.12. The van der Waals surface area contributed by atoms with Crippen LogP contribution in [0.15, 0.2) is 59.3 Å². The molecule has 1 aromatic heterocycles. The SMILES string of the molecule is Cc1ccc(NC(=O)c2cccc(Cl)c2)cc1OCc1ccsc1. The van der Waals surface area contributed by atoms with Gasteiger partial charge in [-0.3, -0.25) is 4.79 Å². The fraction of sp³-hybridized carbons (Fsp3) is 0.105. The third-order valence-corrected chi connectivity index (χ3v) is 4.47. The molecule has 1 heterocycles. The van der Waals surface area contributed by atoms with Crippen LogP contribution in [-0.4, -0.2) is 5.91 Å². The lowest BCUT2D eigenvalue weighted by atomic mass is 10.1. The molecule has 1 amide bonds. The van der Waals surface area contributed by atoms with E-state index in [4.69, 9.17) is 16.3 Å². The van der Waals surface area contributed by atoms with Crippen LogP contribution in [-0.2, 0) is 6.61 Å². The number of aryl methyl sites for hydroxylation is 1. The van der Waals surface area contributed by atoms with Crippen LogP contribution in [0.5, 0.6) is 5.75 Å². The highest BCUT2D eigenvalue weighted by atomic mass is 35.5. The molecule has 0 bridgehead atoms. The Hall–Kier alpha value is -2.30. The van der Waals surface area contributed by atoms with E-state index in [-0.39, 0.29) is 5.91 Å². The largest absolute Gasteiger partial charge is 0.489 e. The molecule has 2 aromatic carbocycles. The number of hydrogen-bond acceptors (Lipinski definition) is 3. The molecule has 0 radical (unpaired) electrons. The number of benzene rings is 2. The van der Waals surface area contributed by atoms with E-state index in [9.17, 15) is 4.79 Å². The number of anilines is 1. The molecule has 0 atom stereocenters. The molecule has 0 aliphatic heterocycles. The first-order chi connectivity index (χ1) is 11.6. The van der Waals surface area contributed by atoms with Gasteiger partial charge < -0.3 is 10.1 Å². The summed E-state index contributed by atoms with van der Waals surface area (Å²) in [4.78, 5) is 12.3. The highest BCUT2D eigenvalue weighted by molar-refractivity contribution is 7.07. The zero-order valence-electron chi connectivity index (χ0n) is 13.1. The van der Waals surface area contributed by atoms with Gasteiger partial charge in [0.25, 0.3) is 5.91 Å². The summed E-state index contributed by atoms with van der Waals surface area (Å²) >= 11 is 7.57. The van der Waals surface area contributed by atoms with Crippen LogP contribution in [0.1, 0.15) is 21.5 Å². The second-order valence-corrected chi connectivity index (χ2v) is 6.58. The predicted octanol–water partition coefficient (Wildman–Crippen LogP) is 5.54. The third kappa shape index (κ3) is 4.16. The number of amides is 1. The van der Waals surface area contributed by atoms with Crippen molar-refractivity contribution >= 4 is 34.5 Å². The maximum absolute atomic E-state index is 12.3. The van der Waals surface area contributed by atoms with E-state index in [1.54, 1.807) is 35.6 Å². The first-order valence-electron chi connectivity index (χ1n) is 7.43. The van der Waals surface area contributed by atoms with E-state index in [2.05, 4.69) is 10.7 Å². The molecule has 0 aliphatic carbocycles. The summed E-state index contributed by atoms with van der Waals surface area (Å²) in [5.41, 5.74) is 3.36. The van der Waals surface area contributed by atoms with Gasteiger partial charge in [0.05, 0.1) is 0 Å². The lowest BCUT2D eigenvalue weighted by Gasteiger charge is -2.11. The number of thiophene rings is 1. The summed E-state index contributed by atoms with van der Waals surface area (Å²) < 4.78 is 5.86. The van der Waals surface area contributed by atoms with Gasteiger partial charge in [-0.05, 0) is 59.1 Å². The predicted molar refractivity (Wildman–Crippen MR) is 99.2 cm³/mol. The minimum atomic E-state index is -0.204. The van der Waals surface area contributed by atoms with Crippen LogP contribution in [0, 0.1) is 6.92 Å². The van der Waals surface area contributed by atoms with E-state index >= 15 is 0 Å². The minimum Gasteiger partial charge on any atom is -0.489 e. The number of hydrogen-bond donors (Lipinski definition) is 1. The topological polar surface area (TPSA) is 38.3 Å². The zero-order valence-corrected chi connectivity index (χ0v) is 14.7. The van der Waals surface area contributed by atoms with Crippen molar-refractivity contribution in [2.45, 2.75) is 13.5 Å². The first kappa shape index (κ1) is 16.6. The van der Waals surface area contributed by atoms with E-state index in [0.717, 1.165) is 16.9 Å². The summed E-state index contributed by atoms with van der Waals surface area (Å²) in [7, 11) is 0. The third-order valence-electron chi connectivity index (χ3n) is 3.51. The minimum absolute atomic E-state index is 0.204. The van der Waals surface area contributed by atoms with E-state index < -0.39 is 0 Å². The van der Waals surface area contributed by atoms with Gasteiger partial charge in [0, 0.05) is 22.3 Å². The smallest absolute Gasteiger partial charge is 0.255 e. The number of halogens is 1. The van der Waals surface area contributed by atoms with Gasteiger partial charge in [-0.1, -0.05) is 23.7 Å². The Morgan fingerprint density at radius 3 is 2.83 bits per heavy atom. The van der Waals surface area contributed by atoms with Gasteiger partial charge in [-0.15, -0.1) is 0 Å². The molecule has 122 valence electrons. The van der Waals surface area contributed by atoms with Crippen molar-refractivity contribution in [3.05, 3.63) is 81.0 Å². The normalized spacial score (nSPS) is 10.4. The fourth-order valence-electron chi connectivity index (χ4n) is 2.20. The fourth-order valence-corrected chi connectivity index (χ4v) is 3.05. The molecule has 24 heavy (non-hydrogen) atoms. The molecular formula is C19H16ClNO2S. The molecular weight excluding hydrogens is 342 g/mol. The van der Waals surface area contributed by atoms with Crippen LogP contribution in [0.4, 0.5) is 5.69 Å². The summed E-state index contributed by atoms with van der Waals surface area (Å²) in [6, 6.07) is 14.5. The van der Waals surface area contributed by atoms with Crippen LogP contribution in [0.3, 0.4) is 0 Å². The van der Waals surface area contributed by atoms with E-state index in [1.165, 1.54) is 0 Å². The highest BCUT2D eigenvalue weighted by Crippen LogP contribution is 2.24. The van der Waals surface area contributed by atoms with Gasteiger partial charge in [0.15, 0.2) is 0 Å². The molecule has 0 saturated heterocycles. The monoisotopic (exact) mass is 357 g/mol. The summed E-state index contributed by atoms with van der Waals surface area (Å²) in [6.07, 6.45) is 0. The van der Waals surface area contributed by atoms with Crippen molar-refractivity contribution in [3.63, 3.8) is 0 Å². The first-order valence-corrected chi connectivity index (χ1v) is 8.75. The van der Waals surface area contributed by atoms with Gasteiger partial charge in [-0.25, -0.2) is 0 Å². The zero-order chi connectivity index (χ0) is 16.9. The molecule has 3 aromatic rings. The molecule has 0 spiro atoms. The maximum Gasteiger partial charge on any atom is 0.255 e. The average molecular weight is 358 g/mol. The number of ether oxygens (including phenoxy) is 1.